The first-order chi connectivity index (χ1) is 22.6. The maximum atomic E-state index is 14.0. The number of esters is 1. The summed E-state index contributed by atoms with van der Waals surface area (Å²) in [6.45, 7) is 3.43. The number of thioether (sulfide) groups is 1. The third-order valence-electron chi connectivity index (χ3n) is 8.16. The monoisotopic (exact) mass is 676 g/mol. The minimum Gasteiger partial charge on any atom is -0.463 e. The summed E-state index contributed by atoms with van der Waals surface area (Å²) in [5, 5.41) is 27.6. The Hall–Kier alpha value is -3.97. The van der Waals surface area contributed by atoms with Gasteiger partial charge < -0.3 is 24.1 Å². The number of hydrogen-bond donors (Lipinski definition) is 1. The fourth-order valence-electron chi connectivity index (χ4n) is 5.70. The van der Waals surface area contributed by atoms with Gasteiger partial charge in [-0.2, -0.15) is 0 Å². The highest BCUT2D eigenvalue weighted by Gasteiger charge is 2.49. The van der Waals surface area contributed by atoms with Crippen molar-refractivity contribution in [1.82, 2.24) is 40.0 Å². The van der Waals surface area contributed by atoms with E-state index in [9.17, 15) is 23.1 Å². The molecule has 0 aliphatic carbocycles. The van der Waals surface area contributed by atoms with Crippen molar-refractivity contribution < 1.29 is 42.0 Å². The van der Waals surface area contributed by atoms with Gasteiger partial charge in [0.05, 0.1) is 49.1 Å². The average molecular weight is 677 g/mol. The summed E-state index contributed by atoms with van der Waals surface area (Å²) < 4.78 is 68.2. The number of ether oxygens (including phenoxy) is 4. The highest BCUT2D eigenvalue weighted by atomic mass is 32.2. The average Bonchev–Trinajstić information content (AvgIpc) is 3.75. The van der Waals surface area contributed by atoms with E-state index in [0.29, 0.717) is 11.5 Å². The topological polar surface area (TPSA) is 161 Å². The number of methoxy groups -OCH3 is 1. The number of aromatic nitrogens is 8. The Kier molecular flexibility index (Phi) is 9.83. The Morgan fingerprint density at radius 1 is 1.06 bits per heavy atom. The highest BCUT2D eigenvalue weighted by Crippen LogP contribution is 2.43. The number of carbonyl (C=O) groups is 1. The standard InChI is InChI=1S/C29H31F3N8O6S/c1-14-22(12-45-15(2)41)46-29(27(43-3)25(14)40-9-19(35-38-40)16-7-17(30)24(32)18(31)8-16)47-23-13-44-11-21(26(23)42)39-10-20(36-37-39)28-33-5-4-6-34-28/h4-10,14,21-23,25-27,29,42H,11-13H2,1-3H3. The van der Waals surface area contributed by atoms with Crippen LogP contribution in [0.4, 0.5) is 13.2 Å². The lowest BCUT2D eigenvalue weighted by atomic mass is 9.89. The summed E-state index contributed by atoms with van der Waals surface area (Å²) in [4.78, 5) is 20.1. The van der Waals surface area contributed by atoms with E-state index in [1.807, 2.05) is 6.92 Å². The van der Waals surface area contributed by atoms with Crippen molar-refractivity contribution in [1.29, 1.82) is 0 Å². The second-order valence-corrected chi connectivity index (χ2v) is 12.5. The van der Waals surface area contributed by atoms with Crippen LogP contribution in [0.15, 0.2) is 43.0 Å². The predicted molar refractivity (Wildman–Crippen MR) is 158 cm³/mol. The Morgan fingerprint density at radius 3 is 2.45 bits per heavy atom. The summed E-state index contributed by atoms with van der Waals surface area (Å²) in [5.74, 6) is -4.78. The molecule has 1 aromatic carbocycles. The molecule has 0 bridgehead atoms. The van der Waals surface area contributed by atoms with Crippen LogP contribution >= 0.6 is 11.8 Å². The number of nitrogens with zero attached hydrogens (tertiary/aromatic N) is 8. The highest BCUT2D eigenvalue weighted by molar-refractivity contribution is 8.00. The Balaban J connectivity index is 1.25. The molecule has 0 radical (unpaired) electrons. The van der Waals surface area contributed by atoms with E-state index in [2.05, 4.69) is 30.6 Å². The zero-order valence-corrected chi connectivity index (χ0v) is 26.2. The second kappa shape index (κ2) is 14.0. The van der Waals surface area contributed by atoms with Crippen LogP contribution < -0.4 is 0 Å². The third kappa shape index (κ3) is 6.87. The largest absolute Gasteiger partial charge is 0.463 e. The number of rotatable bonds is 9. The molecule has 3 aromatic heterocycles. The normalized spacial score (nSPS) is 27.9. The molecule has 2 aliphatic rings. The number of aliphatic hydroxyl groups is 1. The first-order valence-electron chi connectivity index (χ1n) is 14.6. The zero-order valence-electron chi connectivity index (χ0n) is 25.4. The van der Waals surface area contributed by atoms with Gasteiger partial charge in [-0.15, -0.1) is 22.0 Å². The van der Waals surface area contributed by atoms with E-state index < -0.39 is 64.5 Å². The van der Waals surface area contributed by atoms with Crippen LogP contribution in [0.1, 0.15) is 25.9 Å². The number of benzene rings is 1. The molecule has 2 saturated heterocycles. The van der Waals surface area contributed by atoms with Crippen LogP contribution in [-0.4, -0.2) is 107 Å². The lowest BCUT2D eigenvalue weighted by molar-refractivity contribution is -0.172. The molecule has 250 valence electrons. The van der Waals surface area contributed by atoms with Crippen LogP contribution in [0.5, 0.6) is 0 Å². The van der Waals surface area contributed by atoms with Gasteiger partial charge in [0.1, 0.15) is 35.6 Å². The van der Waals surface area contributed by atoms with Crippen LogP contribution in [0.3, 0.4) is 0 Å². The molecule has 0 saturated carbocycles. The first kappa shape index (κ1) is 33.0. The molecule has 1 N–H and O–H groups in total. The molecule has 6 rings (SSSR count). The van der Waals surface area contributed by atoms with Gasteiger partial charge in [0.2, 0.25) is 0 Å². The van der Waals surface area contributed by atoms with Gasteiger partial charge in [0.15, 0.2) is 23.3 Å². The van der Waals surface area contributed by atoms with Crippen LogP contribution in [-0.2, 0) is 23.7 Å². The van der Waals surface area contributed by atoms with Crippen molar-refractivity contribution in [3.05, 3.63) is 60.4 Å². The molecule has 2 aliphatic heterocycles. The molecule has 2 fully saturated rings. The number of hydrogen-bond acceptors (Lipinski definition) is 13. The summed E-state index contributed by atoms with van der Waals surface area (Å²) >= 11 is 1.28. The molecule has 8 unspecified atom stereocenters. The van der Waals surface area contributed by atoms with Gasteiger partial charge in [0, 0.05) is 37.9 Å². The molecule has 5 heterocycles. The van der Waals surface area contributed by atoms with E-state index in [1.165, 1.54) is 41.4 Å². The lowest BCUT2D eigenvalue weighted by Gasteiger charge is -2.46. The van der Waals surface area contributed by atoms with E-state index in [-0.39, 0.29) is 37.0 Å². The second-order valence-electron chi connectivity index (χ2n) is 11.2. The Morgan fingerprint density at radius 2 is 1.74 bits per heavy atom. The van der Waals surface area contributed by atoms with E-state index in [1.54, 1.807) is 24.7 Å². The molecular weight excluding hydrogens is 645 g/mol. The van der Waals surface area contributed by atoms with Crippen molar-refractivity contribution in [2.24, 2.45) is 5.92 Å². The maximum absolute atomic E-state index is 14.0. The fourth-order valence-corrected chi connectivity index (χ4v) is 7.20. The SMILES string of the molecule is COC1C(SC2COCC(n3cc(-c4ncccn4)nn3)C2O)OC(COC(C)=O)C(C)C1n1cc(-c2cc(F)c(F)c(F)c2)nn1. The van der Waals surface area contributed by atoms with Crippen LogP contribution in [0, 0.1) is 23.4 Å². The molecule has 4 aromatic rings. The predicted octanol–water partition coefficient (Wildman–Crippen LogP) is 2.63. The molecule has 8 atom stereocenters. The number of halogens is 3. The van der Waals surface area contributed by atoms with Gasteiger partial charge in [0.25, 0.3) is 0 Å². The molecule has 0 amide bonds. The van der Waals surface area contributed by atoms with Crippen molar-refractivity contribution in [2.75, 3.05) is 26.9 Å². The van der Waals surface area contributed by atoms with Gasteiger partial charge >= 0.3 is 5.97 Å². The molecule has 47 heavy (non-hydrogen) atoms. The van der Waals surface area contributed by atoms with Gasteiger partial charge in [-0.3, -0.25) is 4.79 Å². The minimum absolute atomic E-state index is 0.00710. The zero-order chi connectivity index (χ0) is 33.2. The van der Waals surface area contributed by atoms with Crippen molar-refractivity contribution in [2.45, 2.75) is 54.9 Å². The number of carbonyl (C=O) groups excluding carboxylic acids is 1. The fraction of sp³-hybridized carbons (Fsp3) is 0.483. The smallest absolute Gasteiger partial charge is 0.302 e. The van der Waals surface area contributed by atoms with Crippen molar-refractivity contribution in [3.8, 4) is 22.8 Å². The van der Waals surface area contributed by atoms with Crippen LogP contribution in [0.2, 0.25) is 0 Å². The van der Waals surface area contributed by atoms with Gasteiger partial charge in [-0.05, 0) is 18.2 Å². The molecule has 18 heteroatoms. The van der Waals surface area contributed by atoms with Gasteiger partial charge in [-0.1, -0.05) is 17.4 Å². The molecule has 14 nitrogen and oxygen atoms in total. The summed E-state index contributed by atoms with van der Waals surface area (Å²) in [6.07, 6.45) is 4.02. The summed E-state index contributed by atoms with van der Waals surface area (Å²) in [5.41, 5.74) is -0.205. The molecular formula is C29H31F3N8O6S. The van der Waals surface area contributed by atoms with Crippen molar-refractivity contribution in [3.63, 3.8) is 0 Å². The maximum Gasteiger partial charge on any atom is 0.302 e. The third-order valence-corrected chi connectivity index (χ3v) is 9.57. The molecule has 0 spiro atoms. The Bertz CT molecular complexity index is 1680. The summed E-state index contributed by atoms with van der Waals surface area (Å²) in [6, 6.07) is 2.19. The minimum atomic E-state index is -1.59. The lowest BCUT2D eigenvalue weighted by Crippen LogP contribution is -2.54. The quantitative estimate of drug-likeness (QED) is 0.204. The number of aliphatic hydroxyl groups excluding tert-OH is 1. The van der Waals surface area contributed by atoms with Crippen LogP contribution in [0.25, 0.3) is 22.8 Å². The van der Waals surface area contributed by atoms with Crippen molar-refractivity contribution >= 4 is 17.7 Å². The van der Waals surface area contributed by atoms with Gasteiger partial charge in [-0.25, -0.2) is 32.5 Å². The summed E-state index contributed by atoms with van der Waals surface area (Å²) in [7, 11) is 1.50. The first-order valence-corrected chi connectivity index (χ1v) is 15.6. The van der Waals surface area contributed by atoms with E-state index in [0.717, 1.165) is 12.1 Å². The van der Waals surface area contributed by atoms with E-state index >= 15 is 0 Å². The Labute approximate surface area is 270 Å². The van der Waals surface area contributed by atoms with E-state index in [4.69, 9.17) is 18.9 Å².